The van der Waals surface area contributed by atoms with Gasteiger partial charge in [0, 0.05) is 30.2 Å². The summed E-state index contributed by atoms with van der Waals surface area (Å²) >= 11 is 0. The van der Waals surface area contributed by atoms with Gasteiger partial charge in [0.1, 0.15) is 0 Å². The minimum absolute atomic E-state index is 0.309. The topological polar surface area (TPSA) is 51.3 Å². The van der Waals surface area contributed by atoms with Gasteiger partial charge in [-0.25, -0.2) is 0 Å². The number of hydrogen-bond donors (Lipinski definition) is 1. The summed E-state index contributed by atoms with van der Waals surface area (Å²) in [5.74, 6) is -0.309. The molecule has 1 aliphatic carbocycles. The lowest BCUT2D eigenvalue weighted by atomic mass is 9.89. The van der Waals surface area contributed by atoms with Gasteiger partial charge in [0.25, 0.3) is 0 Å². The van der Waals surface area contributed by atoms with Gasteiger partial charge in [0.2, 0.25) is 5.91 Å². The van der Waals surface area contributed by atoms with Gasteiger partial charge in [-0.05, 0) is 55.4 Å². The molecule has 4 nitrogen and oxygen atoms in total. The van der Waals surface area contributed by atoms with Crippen LogP contribution in [0, 0.1) is 0 Å². The number of rotatable bonds is 6. The number of carbonyl (C=O) groups is 1. The van der Waals surface area contributed by atoms with Crippen LogP contribution in [0.2, 0.25) is 0 Å². The molecule has 4 heteroatoms. The highest BCUT2D eigenvalue weighted by molar-refractivity contribution is 6.01. The normalized spacial score (nSPS) is 13.5. The molecule has 0 atom stereocenters. The van der Waals surface area contributed by atoms with E-state index in [1.807, 2.05) is 6.07 Å². The first-order valence-corrected chi connectivity index (χ1v) is 8.38. The first kappa shape index (κ1) is 14.9. The highest BCUT2D eigenvalue weighted by Crippen LogP contribution is 2.33. The fourth-order valence-electron chi connectivity index (χ4n) is 3.68. The van der Waals surface area contributed by atoms with E-state index < -0.39 is 0 Å². The average Bonchev–Trinajstić information content (AvgIpc) is 2.88. The Hall–Kier alpha value is -1.97. The van der Waals surface area contributed by atoms with Gasteiger partial charge in [-0.3, -0.25) is 9.47 Å². The number of carbonyl (C=O) groups excluding carboxylic acids is 1. The summed E-state index contributed by atoms with van der Waals surface area (Å²) in [6.07, 6.45) is 7.66. The van der Waals surface area contributed by atoms with E-state index in [1.54, 1.807) is 0 Å². The Morgan fingerprint density at radius 2 is 1.95 bits per heavy atom. The van der Waals surface area contributed by atoms with Crippen molar-refractivity contribution < 1.29 is 4.79 Å². The van der Waals surface area contributed by atoms with Gasteiger partial charge in [-0.2, -0.15) is 0 Å². The second-order valence-corrected chi connectivity index (χ2v) is 6.16. The highest BCUT2D eigenvalue weighted by atomic mass is 16.1. The first-order valence-electron chi connectivity index (χ1n) is 8.38. The summed E-state index contributed by atoms with van der Waals surface area (Å²) in [6, 6.07) is 3.97. The Balaban J connectivity index is 2.18. The van der Waals surface area contributed by atoms with Crippen LogP contribution in [-0.4, -0.2) is 23.7 Å². The van der Waals surface area contributed by atoms with Crippen LogP contribution in [0.5, 0.6) is 0 Å². The van der Waals surface area contributed by atoms with Crippen molar-refractivity contribution in [2.45, 2.75) is 46.0 Å². The van der Waals surface area contributed by atoms with Crippen LogP contribution in [0.15, 0.2) is 18.3 Å². The van der Waals surface area contributed by atoms with Crippen molar-refractivity contribution in [1.29, 1.82) is 0 Å². The fraction of sp³-hybridized carbons (Fsp3) is 0.500. The third-order valence-electron chi connectivity index (χ3n) is 4.54. The lowest BCUT2D eigenvalue weighted by Gasteiger charge is -2.26. The molecule has 1 aromatic heterocycles. The number of amides is 1. The van der Waals surface area contributed by atoms with E-state index in [0.717, 1.165) is 50.8 Å². The number of benzene rings is 1. The second-order valence-electron chi connectivity index (χ2n) is 6.16. The summed E-state index contributed by atoms with van der Waals surface area (Å²) in [7, 11) is 0. The molecule has 0 unspecified atom stereocenters. The zero-order valence-electron chi connectivity index (χ0n) is 13.6. The van der Waals surface area contributed by atoms with E-state index >= 15 is 0 Å². The van der Waals surface area contributed by atoms with Crippen molar-refractivity contribution in [2.24, 2.45) is 5.73 Å². The number of hydrogen-bond acceptors (Lipinski definition) is 2. The van der Waals surface area contributed by atoms with E-state index in [1.165, 1.54) is 16.5 Å². The third kappa shape index (κ3) is 2.36. The molecule has 0 fully saturated rings. The largest absolute Gasteiger partial charge is 0.366 e. The monoisotopic (exact) mass is 299 g/mol. The molecule has 2 N–H and O–H groups in total. The summed E-state index contributed by atoms with van der Waals surface area (Å²) in [5, 5.41) is 3.67. The quantitative estimate of drug-likeness (QED) is 0.891. The van der Waals surface area contributed by atoms with Crippen LogP contribution in [-0.2, 0) is 12.8 Å². The number of nitrogens with zero attached hydrogens (tertiary/aromatic N) is 2. The number of aromatic nitrogens is 1. The lowest BCUT2D eigenvalue weighted by molar-refractivity contribution is 0.0999. The summed E-state index contributed by atoms with van der Waals surface area (Å²) in [5.41, 5.74) is 9.99. The van der Waals surface area contributed by atoms with Crippen molar-refractivity contribution in [3.05, 3.63) is 35.0 Å². The van der Waals surface area contributed by atoms with Crippen LogP contribution >= 0.6 is 0 Å². The van der Waals surface area contributed by atoms with Crippen LogP contribution < -0.4 is 10.7 Å². The van der Waals surface area contributed by atoms with Crippen molar-refractivity contribution in [1.82, 2.24) is 4.68 Å². The Labute approximate surface area is 131 Å². The highest BCUT2D eigenvalue weighted by Gasteiger charge is 2.22. The zero-order chi connectivity index (χ0) is 15.7. The molecule has 1 aromatic carbocycles. The van der Waals surface area contributed by atoms with Gasteiger partial charge in [0.15, 0.2) is 0 Å². The number of aryl methyl sites for hydroxylation is 2. The molecule has 22 heavy (non-hydrogen) atoms. The summed E-state index contributed by atoms with van der Waals surface area (Å²) in [4.78, 5) is 11.7. The molecule has 1 heterocycles. The van der Waals surface area contributed by atoms with Crippen molar-refractivity contribution in [3.8, 4) is 0 Å². The Bertz CT molecular complexity index is 696. The molecular weight excluding hydrogens is 274 g/mol. The first-order chi connectivity index (χ1) is 10.7. The molecule has 0 bridgehead atoms. The van der Waals surface area contributed by atoms with E-state index in [0.29, 0.717) is 5.56 Å². The van der Waals surface area contributed by atoms with Gasteiger partial charge < -0.3 is 10.7 Å². The van der Waals surface area contributed by atoms with E-state index in [9.17, 15) is 4.79 Å². The molecule has 0 saturated heterocycles. The van der Waals surface area contributed by atoms with Crippen molar-refractivity contribution in [3.63, 3.8) is 0 Å². The molecule has 1 aliphatic rings. The number of primary amides is 1. The Kier molecular flexibility index (Phi) is 4.10. The molecule has 1 amide bonds. The van der Waals surface area contributed by atoms with Crippen molar-refractivity contribution in [2.75, 3.05) is 18.1 Å². The maximum Gasteiger partial charge on any atom is 0.249 e. The maximum atomic E-state index is 11.7. The minimum atomic E-state index is -0.309. The molecule has 2 aromatic rings. The Morgan fingerprint density at radius 3 is 2.59 bits per heavy atom. The van der Waals surface area contributed by atoms with Gasteiger partial charge in [-0.1, -0.05) is 13.8 Å². The van der Waals surface area contributed by atoms with Crippen LogP contribution in [0.25, 0.3) is 10.9 Å². The van der Waals surface area contributed by atoms with Gasteiger partial charge in [-0.15, -0.1) is 0 Å². The molecule has 0 saturated carbocycles. The van der Waals surface area contributed by atoms with Crippen LogP contribution in [0.1, 0.15) is 54.6 Å². The second kappa shape index (κ2) is 6.03. The lowest BCUT2D eigenvalue weighted by Crippen LogP contribution is -2.35. The van der Waals surface area contributed by atoms with Gasteiger partial charge >= 0.3 is 0 Å². The fourth-order valence-corrected chi connectivity index (χ4v) is 3.68. The maximum absolute atomic E-state index is 11.7. The third-order valence-corrected chi connectivity index (χ3v) is 4.54. The van der Waals surface area contributed by atoms with E-state index in [-0.39, 0.29) is 5.91 Å². The summed E-state index contributed by atoms with van der Waals surface area (Å²) in [6.45, 7) is 6.52. The van der Waals surface area contributed by atoms with E-state index in [4.69, 9.17) is 5.73 Å². The summed E-state index contributed by atoms with van der Waals surface area (Å²) < 4.78 is 2.30. The molecular formula is C18H25N3O. The van der Waals surface area contributed by atoms with Crippen LogP contribution in [0.3, 0.4) is 0 Å². The smallest absolute Gasteiger partial charge is 0.249 e. The molecule has 3 rings (SSSR count). The molecule has 0 spiro atoms. The van der Waals surface area contributed by atoms with E-state index in [2.05, 4.69) is 35.8 Å². The number of nitrogens with two attached hydrogens (primary N) is 1. The van der Waals surface area contributed by atoms with Crippen molar-refractivity contribution >= 4 is 16.8 Å². The predicted octanol–water partition coefficient (Wildman–Crippen LogP) is 2.99. The Morgan fingerprint density at radius 1 is 1.23 bits per heavy atom. The average molecular weight is 299 g/mol. The SMILES string of the molecule is CCCN(CCC)n1cc2c3c(c(C(N)=O)ccc31)CCC2. The predicted molar refractivity (Wildman–Crippen MR) is 91.0 cm³/mol. The molecule has 118 valence electrons. The zero-order valence-corrected chi connectivity index (χ0v) is 13.6. The minimum Gasteiger partial charge on any atom is -0.366 e. The van der Waals surface area contributed by atoms with Crippen LogP contribution in [0.4, 0.5) is 0 Å². The van der Waals surface area contributed by atoms with Gasteiger partial charge in [0.05, 0.1) is 5.52 Å². The molecule has 0 aliphatic heterocycles. The standard InChI is InChI=1S/C18H25N3O/c1-3-10-20(11-4-2)21-12-13-6-5-7-14-15(18(19)22)8-9-16(21)17(13)14/h8-9,12H,3-7,10-11H2,1-2H3,(H2,19,22). The molecule has 0 radical (unpaired) electrons.